The second-order valence-electron chi connectivity index (χ2n) is 7.38. The van der Waals surface area contributed by atoms with Crippen LogP contribution in [0.25, 0.3) is 0 Å². The maximum Gasteiger partial charge on any atom is 0.188 e. The van der Waals surface area contributed by atoms with Crippen LogP contribution in [0.1, 0.15) is 56.3 Å². The molecule has 1 aromatic rings. The van der Waals surface area contributed by atoms with Crippen molar-refractivity contribution in [3.8, 4) is 0 Å². The lowest BCUT2D eigenvalue weighted by molar-refractivity contribution is 0.0398. The first-order valence-corrected chi connectivity index (χ1v) is 10.2. The minimum Gasteiger partial charge on any atom is -0.373 e. The number of nitrogens with two attached hydrogens (primary N) is 1. The van der Waals surface area contributed by atoms with Crippen LogP contribution in [0.15, 0.2) is 29.3 Å². The van der Waals surface area contributed by atoms with Crippen molar-refractivity contribution < 1.29 is 4.74 Å². The summed E-state index contributed by atoms with van der Waals surface area (Å²) in [7, 11) is 0. The summed E-state index contributed by atoms with van der Waals surface area (Å²) in [5, 5.41) is 3.23. The molecule has 1 aromatic carbocycles. The number of fused-ring (bicyclic) bond motifs is 1. The predicted molar refractivity (Wildman–Crippen MR) is 123 cm³/mol. The van der Waals surface area contributed by atoms with Crippen LogP contribution in [0.3, 0.4) is 0 Å². The zero-order valence-electron chi connectivity index (χ0n) is 16.5. The average molecular weight is 486 g/mol. The van der Waals surface area contributed by atoms with E-state index in [-0.39, 0.29) is 30.1 Å². The molecule has 1 saturated heterocycles. The monoisotopic (exact) mass is 486 g/mol. The Hall–Kier alpha value is -0.860. The highest BCUT2D eigenvalue weighted by atomic mass is 127. The molecule has 0 radical (unpaired) electrons. The quantitative estimate of drug-likeness (QED) is 0.256. The molecule has 2 unspecified atom stereocenters. The van der Waals surface area contributed by atoms with Crippen molar-refractivity contribution in [2.24, 2.45) is 10.7 Å². The first-order chi connectivity index (χ1) is 12.8. The number of nitrogens with one attached hydrogen (secondary N) is 1. The van der Waals surface area contributed by atoms with Crippen LogP contribution in [0.5, 0.6) is 0 Å². The number of likely N-dealkylation sites (tertiary alicyclic amines) is 1. The number of aryl methyl sites for hydroxylation is 1. The molecule has 6 heteroatoms. The summed E-state index contributed by atoms with van der Waals surface area (Å²) in [6, 6.07) is 9.25. The van der Waals surface area contributed by atoms with E-state index in [1.165, 1.54) is 43.4 Å². The van der Waals surface area contributed by atoms with Gasteiger partial charge in [0.2, 0.25) is 0 Å². The normalized spacial score (nSPS) is 22.9. The molecule has 3 N–H and O–H groups in total. The fraction of sp³-hybridized carbons (Fsp3) is 0.667. The van der Waals surface area contributed by atoms with Crippen LogP contribution in [0.2, 0.25) is 0 Å². The molecule has 0 amide bonds. The Morgan fingerprint density at radius 3 is 3.00 bits per heavy atom. The Balaban J connectivity index is 0.00000261. The molecule has 0 bridgehead atoms. The molecular weight excluding hydrogens is 451 g/mol. The van der Waals surface area contributed by atoms with Gasteiger partial charge in [0.1, 0.15) is 0 Å². The van der Waals surface area contributed by atoms with Gasteiger partial charge in [-0.3, -0.25) is 9.89 Å². The molecular formula is C21H35IN4O. The summed E-state index contributed by atoms with van der Waals surface area (Å²) < 4.78 is 6.13. The third-order valence-electron chi connectivity index (χ3n) is 5.64. The van der Waals surface area contributed by atoms with E-state index in [1.807, 2.05) is 0 Å². The first kappa shape index (κ1) is 22.4. The summed E-state index contributed by atoms with van der Waals surface area (Å²) in [4.78, 5) is 7.02. The van der Waals surface area contributed by atoms with Gasteiger partial charge in [0, 0.05) is 19.2 Å². The molecule has 2 aliphatic rings. The van der Waals surface area contributed by atoms with Gasteiger partial charge in [-0.1, -0.05) is 31.2 Å². The molecule has 0 aromatic heterocycles. The van der Waals surface area contributed by atoms with Crippen molar-refractivity contribution in [2.75, 3.05) is 32.8 Å². The molecule has 0 spiro atoms. The third kappa shape index (κ3) is 6.61. The largest absolute Gasteiger partial charge is 0.373 e. The van der Waals surface area contributed by atoms with Crippen molar-refractivity contribution >= 4 is 29.9 Å². The Bertz CT molecular complexity index is 595. The number of aliphatic imine (C=N–C) groups is 1. The number of nitrogens with zero attached hydrogens (tertiary/aromatic N) is 2. The third-order valence-corrected chi connectivity index (χ3v) is 5.64. The van der Waals surface area contributed by atoms with E-state index in [1.54, 1.807) is 0 Å². The highest BCUT2D eigenvalue weighted by Gasteiger charge is 2.22. The number of ether oxygens (including phenoxy) is 1. The maximum atomic E-state index is 6.13. The lowest BCUT2D eigenvalue weighted by Crippen LogP contribution is -2.36. The summed E-state index contributed by atoms with van der Waals surface area (Å²) >= 11 is 0. The van der Waals surface area contributed by atoms with Gasteiger partial charge in [0.25, 0.3) is 0 Å². The van der Waals surface area contributed by atoms with Gasteiger partial charge < -0.3 is 15.8 Å². The second kappa shape index (κ2) is 11.9. The molecule has 1 aliphatic carbocycles. The summed E-state index contributed by atoms with van der Waals surface area (Å²) in [6.45, 7) is 6.90. The molecule has 1 fully saturated rings. The standard InChI is InChI=1S/C21H34N4O.HI/c1-2-25-14-6-10-18(25)16-24-21(22)23-13-7-15-26-20-12-5-9-17-8-3-4-11-19(17)20;/h3-4,8,11,18,20H,2,5-7,9-10,12-16H2,1H3,(H3,22,23,24);1H. The Kier molecular flexibility index (Phi) is 9.86. The van der Waals surface area contributed by atoms with E-state index in [4.69, 9.17) is 10.5 Å². The van der Waals surface area contributed by atoms with Gasteiger partial charge in [0.05, 0.1) is 12.6 Å². The van der Waals surface area contributed by atoms with Crippen LogP contribution in [-0.4, -0.2) is 49.7 Å². The van der Waals surface area contributed by atoms with Crippen molar-refractivity contribution in [3.63, 3.8) is 0 Å². The SMILES string of the molecule is CCN1CCCC1CN=C(N)NCCCOC1CCCc2ccccc21.I. The van der Waals surface area contributed by atoms with Crippen LogP contribution >= 0.6 is 24.0 Å². The number of hydrogen-bond donors (Lipinski definition) is 2. The van der Waals surface area contributed by atoms with Crippen LogP contribution in [0, 0.1) is 0 Å². The topological polar surface area (TPSA) is 62.9 Å². The highest BCUT2D eigenvalue weighted by Crippen LogP contribution is 2.32. The van der Waals surface area contributed by atoms with Crippen molar-refractivity contribution in [1.29, 1.82) is 0 Å². The summed E-state index contributed by atoms with van der Waals surface area (Å²) in [6.07, 6.45) is 7.25. The summed E-state index contributed by atoms with van der Waals surface area (Å²) in [5.74, 6) is 0.566. The van der Waals surface area contributed by atoms with E-state index < -0.39 is 0 Å². The molecule has 152 valence electrons. The molecule has 1 aliphatic heterocycles. The Labute approximate surface area is 181 Å². The van der Waals surface area contributed by atoms with Gasteiger partial charge in [0.15, 0.2) is 5.96 Å². The van der Waals surface area contributed by atoms with Gasteiger partial charge in [-0.05, 0) is 62.7 Å². The van der Waals surface area contributed by atoms with E-state index in [9.17, 15) is 0 Å². The van der Waals surface area contributed by atoms with Gasteiger partial charge in [-0.25, -0.2) is 0 Å². The second-order valence-corrected chi connectivity index (χ2v) is 7.38. The van der Waals surface area contributed by atoms with E-state index in [0.29, 0.717) is 12.0 Å². The number of guanidine groups is 1. The fourth-order valence-electron chi connectivity index (χ4n) is 4.17. The Morgan fingerprint density at radius 1 is 1.30 bits per heavy atom. The number of halogens is 1. The Morgan fingerprint density at radius 2 is 2.15 bits per heavy atom. The van der Waals surface area contributed by atoms with Crippen LogP contribution in [0.4, 0.5) is 0 Å². The smallest absolute Gasteiger partial charge is 0.188 e. The maximum absolute atomic E-state index is 6.13. The fourth-order valence-corrected chi connectivity index (χ4v) is 4.17. The molecule has 5 nitrogen and oxygen atoms in total. The average Bonchev–Trinajstić information content (AvgIpc) is 3.14. The van der Waals surface area contributed by atoms with Gasteiger partial charge in [-0.2, -0.15) is 0 Å². The number of benzene rings is 1. The molecule has 27 heavy (non-hydrogen) atoms. The van der Waals surface area contributed by atoms with E-state index in [0.717, 1.165) is 39.1 Å². The number of likely N-dealkylation sites (N-methyl/N-ethyl adjacent to an activating group) is 1. The lowest BCUT2D eigenvalue weighted by atomic mass is 9.89. The lowest BCUT2D eigenvalue weighted by Gasteiger charge is -2.25. The highest BCUT2D eigenvalue weighted by molar-refractivity contribution is 14.0. The van der Waals surface area contributed by atoms with Crippen LogP contribution < -0.4 is 11.1 Å². The molecule has 1 heterocycles. The number of rotatable bonds is 8. The van der Waals surface area contributed by atoms with Crippen molar-refractivity contribution in [3.05, 3.63) is 35.4 Å². The van der Waals surface area contributed by atoms with Gasteiger partial charge in [-0.15, -0.1) is 24.0 Å². The minimum atomic E-state index is 0. The van der Waals surface area contributed by atoms with Crippen LogP contribution in [-0.2, 0) is 11.2 Å². The zero-order chi connectivity index (χ0) is 18.2. The van der Waals surface area contributed by atoms with E-state index >= 15 is 0 Å². The predicted octanol–water partition coefficient (Wildman–Crippen LogP) is 3.48. The van der Waals surface area contributed by atoms with Crippen molar-refractivity contribution in [2.45, 2.75) is 57.6 Å². The van der Waals surface area contributed by atoms with E-state index in [2.05, 4.69) is 46.4 Å². The first-order valence-electron chi connectivity index (χ1n) is 10.2. The van der Waals surface area contributed by atoms with Crippen molar-refractivity contribution in [1.82, 2.24) is 10.2 Å². The molecule has 3 rings (SSSR count). The zero-order valence-corrected chi connectivity index (χ0v) is 18.9. The number of hydrogen-bond acceptors (Lipinski definition) is 3. The van der Waals surface area contributed by atoms with Gasteiger partial charge >= 0.3 is 0 Å². The summed E-state index contributed by atoms with van der Waals surface area (Å²) in [5.41, 5.74) is 8.84. The molecule has 2 atom stereocenters. The minimum absolute atomic E-state index is 0. The molecule has 0 saturated carbocycles.